The third-order valence-corrected chi connectivity index (χ3v) is 3.93. The number of hydrogen-bond donors (Lipinski definition) is 1. The molecular weight excluding hydrogens is 352 g/mol. The van der Waals surface area contributed by atoms with Crippen molar-refractivity contribution in [2.24, 2.45) is 0 Å². The predicted octanol–water partition coefficient (Wildman–Crippen LogP) is 5.60. The van der Waals surface area contributed by atoms with Gasteiger partial charge in [0.15, 0.2) is 0 Å². The third-order valence-electron chi connectivity index (χ3n) is 2.84. The molecule has 2 aromatic rings. The third kappa shape index (κ3) is 4.41. The number of nitrogens with one attached hydrogen (secondary N) is 1. The van der Waals surface area contributed by atoms with Gasteiger partial charge in [0.05, 0.1) is 5.02 Å². The van der Waals surface area contributed by atoms with Gasteiger partial charge in [-0.25, -0.2) is 0 Å². The zero-order valence-corrected chi connectivity index (χ0v) is 14.2. The highest BCUT2D eigenvalue weighted by atomic mass is 35.5. The van der Waals surface area contributed by atoms with E-state index in [-0.39, 0.29) is 0 Å². The van der Waals surface area contributed by atoms with Crippen LogP contribution in [-0.4, -0.2) is 7.05 Å². The monoisotopic (exact) mass is 363 g/mol. The summed E-state index contributed by atoms with van der Waals surface area (Å²) in [6, 6.07) is 8.75. The highest BCUT2D eigenvalue weighted by Gasteiger charge is 2.11. The maximum Gasteiger partial charge on any atom is 0.142 e. The molecule has 0 saturated carbocycles. The molecule has 0 unspecified atom stereocenters. The molecule has 0 aliphatic carbocycles. The number of benzene rings is 2. The zero-order valence-electron chi connectivity index (χ0n) is 11.2. The van der Waals surface area contributed by atoms with Gasteiger partial charge in [-0.15, -0.1) is 0 Å². The molecule has 0 heterocycles. The van der Waals surface area contributed by atoms with Crippen molar-refractivity contribution in [1.82, 2.24) is 5.32 Å². The molecule has 0 aliphatic heterocycles. The minimum absolute atomic E-state index is 0.300. The molecule has 6 heteroatoms. The second-order valence-electron chi connectivity index (χ2n) is 4.43. The minimum atomic E-state index is 0.300. The topological polar surface area (TPSA) is 21.3 Å². The van der Waals surface area contributed by atoms with Crippen LogP contribution in [0.25, 0.3) is 0 Å². The van der Waals surface area contributed by atoms with E-state index in [2.05, 4.69) is 5.32 Å². The predicted molar refractivity (Wildman–Crippen MR) is 90.0 cm³/mol. The van der Waals surface area contributed by atoms with Gasteiger partial charge in [-0.3, -0.25) is 0 Å². The van der Waals surface area contributed by atoms with Gasteiger partial charge >= 0.3 is 0 Å². The average molecular weight is 365 g/mol. The van der Waals surface area contributed by atoms with Crippen LogP contribution in [0.3, 0.4) is 0 Å². The maximum absolute atomic E-state index is 6.21. The summed E-state index contributed by atoms with van der Waals surface area (Å²) in [7, 11) is 1.84. The first kappa shape index (κ1) is 16.7. The first-order chi connectivity index (χ1) is 10.0. The normalized spacial score (nSPS) is 10.7. The quantitative estimate of drug-likeness (QED) is 0.745. The van der Waals surface area contributed by atoms with E-state index >= 15 is 0 Å². The van der Waals surface area contributed by atoms with Gasteiger partial charge in [-0.05, 0) is 31.3 Å². The Labute approximate surface area is 143 Å². The lowest BCUT2D eigenvalue weighted by atomic mass is 10.2. The summed E-state index contributed by atoms with van der Waals surface area (Å²) >= 11 is 24.2. The molecule has 2 nitrogen and oxygen atoms in total. The van der Waals surface area contributed by atoms with Gasteiger partial charge in [0.1, 0.15) is 12.4 Å². The van der Waals surface area contributed by atoms with E-state index in [1.54, 1.807) is 18.2 Å². The molecule has 0 spiro atoms. The van der Waals surface area contributed by atoms with Crippen LogP contribution in [-0.2, 0) is 13.2 Å². The van der Waals surface area contributed by atoms with Gasteiger partial charge in [0.25, 0.3) is 0 Å². The summed E-state index contributed by atoms with van der Waals surface area (Å²) in [5.41, 5.74) is 1.72. The number of rotatable bonds is 5. The molecule has 2 rings (SSSR count). The Morgan fingerprint density at radius 2 is 1.62 bits per heavy atom. The van der Waals surface area contributed by atoms with Crippen molar-refractivity contribution in [3.05, 3.63) is 61.5 Å². The second-order valence-corrected chi connectivity index (χ2v) is 6.12. The lowest BCUT2D eigenvalue weighted by Crippen LogP contribution is -2.08. The molecule has 0 aromatic heterocycles. The summed E-state index contributed by atoms with van der Waals surface area (Å²) in [5.74, 6) is 0.599. The molecule has 0 atom stereocenters. The lowest BCUT2D eigenvalue weighted by molar-refractivity contribution is 0.302. The summed E-state index contributed by atoms with van der Waals surface area (Å²) in [4.78, 5) is 0. The molecule has 0 aliphatic rings. The van der Waals surface area contributed by atoms with Crippen molar-refractivity contribution in [3.8, 4) is 5.75 Å². The van der Waals surface area contributed by atoms with Crippen LogP contribution in [0.4, 0.5) is 0 Å². The molecule has 0 bridgehead atoms. The summed E-state index contributed by atoms with van der Waals surface area (Å²) < 4.78 is 5.82. The Hall–Kier alpha value is -0.640. The Bertz CT molecular complexity index is 646. The average Bonchev–Trinajstić information content (AvgIpc) is 2.40. The molecule has 21 heavy (non-hydrogen) atoms. The van der Waals surface area contributed by atoms with Gasteiger partial charge in [-0.2, -0.15) is 0 Å². The van der Waals surface area contributed by atoms with Crippen molar-refractivity contribution in [2.45, 2.75) is 13.2 Å². The Kier molecular flexibility index (Phi) is 6.03. The summed E-state index contributed by atoms with van der Waals surface area (Å²) in [5, 5.41) is 5.24. The molecular formula is C15H13Cl4NO. The van der Waals surface area contributed by atoms with Crippen LogP contribution in [0.15, 0.2) is 30.3 Å². The summed E-state index contributed by atoms with van der Waals surface area (Å²) in [6.07, 6.45) is 0. The van der Waals surface area contributed by atoms with Crippen molar-refractivity contribution in [1.29, 1.82) is 0 Å². The van der Waals surface area contributed by atoms with Gasteiger partial charge in [0, 0.05) is 32.7 Å². The highest BCUT2D eigenvalue weighted by molar-refractivity contribution is 6.36. The van der Waals surface area contributed by atoms with Crippen LogP contribution in [0.5, 0.6) is 5.75 Å². The fourth-order valence-electron chi connectivity index (χ4n) is 1.89. The largest absolute Gasteiger partial charge is 0.487 e. The van der Waals surface area contributed by atoms with E-state index in [0.29, 0.717) is 39.0 Å². The van der Waals surface area contributed by atoms with Crippen LogP contribution in [0, 0.1) is 0 Å². The van der Waals surface area contributed by atoms with E-state index < -0.39 is 0 Å². The van der Waals surface area contributed by atoms with Crippen LogP contribution >= 0.6 is 46.4 Å². The van der Waals surface area contributed by atoms with Gasteiger partial charge < -0.3 is 10.1 Å². The molecule has 112 valence electrons. The van der Waals surface area contributed by atoms with Gasteiger partial charge in [0.2, 0.25) is 0 Å². The van der Waals surface area contributed by atoms with Crippen molar-refractivity contribution < 1.29 is 4.74 Å². The molecule has 0 saturated heterocycles. The molecule has 0 amide bonds. The Morgan fingerprint density at radius 3 is 2.29 bits per heavy atom. The number of ether oxygens (including phenoxy) is 1. The van der Waals surface area contributed by atoms with Crippen LogP contribution in [0.2, 0.25) is 20.1 Å². The minimum Gasteiger partial charge on any atom is -0.487 e. The SMILES string of the molecule is CNCc1cc(Cl)cc(Cl)c1OCc1ccc(Cl)cc1Cl. The van der Waals surface area contributed by atoms with Gasteiger partial charge in [-0.1, -0.05) is 52.5 Å². The van der Waals surface area contributed by atoms with Crippen molar-refractivity contribution in [3.63, 3.8) is 0 Å². The summed E-state index contributed by atoms with van der Waals surface area (Å²) in [6.45, 7) is 0.901. The number of hydrogen-bond acceptors (Lipinski definition) is 2. The standard InChI is InChI=1S/C15H13Cl4NO/c1-20-7-10-4-12(17)6-14(19)15(10)21-8-9-2-3-11(16)5-13(9)18/h2-6,20H,7-8H2,1H3. The maximum atomic E-state index is 6.21. The molecule has 0 radical (unpaired) electrons. The van der Waals surface area contributed by atoms with E-state index in [1.807, 2.05) is 19.2 Å². The van der Waals surface area contributed by atoms with E-state index in [4.69, 9.17) is 51.1 Å². The zero-order chi connectivity index (χ0) is 15.4. The lowest BCUT2D eigenvalue weighted by Gasteiger charge is -2.14. The Balaban J connectivity index is 2.23. The molecule has 2 aromatic carbocycles. The fraction of sp³-hybridized carbons (Fsp3) is 0.200. The Morgan fingerprint density at radius 1 is 0.905 bits per heavy atom. The highest BCUT2D eigenvalue weighted by Crippen LogP contribution is 2.33. The van der Waals surface area contributed by atoms with Crippen molar-refractivity contribution >= 4 is 46.4 Å². The van der Waals surface area contributed by atoms with Crippen molar-refractivity contribution in [2.75, 3.05) is 7.05 Å². The first-order valence-electron chi connectivity index (χ1n) is 6.20. The van der Waals surface area contributed by atoms with Crippen LogP contribution < -0.4 is 10.1 Å². The smallest absolute Gasteiger partial charge is 0.142 e. The van der Waals surface area contributed by atoms with E-state index in [9.17, 15) is 0 Å². The van der Waals surface area contributed by atoms with Crippen LogP contribution in [0.1, 0.15) is 11.1 Å². The molecule has 1 N–H and O–H groups in total. The second kappa shape index (κ2) is 7.57. The molecule has 0 fully saturated rings. The van der Waals surface area contributed by atoms with E-state index in [0.717, 1.165) is 11.1 Å². The fourth-order valence-corrected chi connectivity index (χ4v) is 2.94. The number of halogens is 4. The van der Waals surface area contributed by atoms with E-state index in [1.165, 1.54) is 0 Å². The first-order valence-corrected chi connectivity index (χ1v) is 7.71.